The molecule has 1 N–H and O–H groups in total. The molecule has 15 heavy (non-hydrogen) atoms. The second-order valence-corrected chi connectivity index (χ2v) is 3.88. The van der Waals surface area contributed by atoms with Crippen molar-refractivity contribution >= 4 is 21.7 Å². The Bertz CT molecular complexity index is 481. The predicted molar refractivity (Wildman–Crippen MR) is 61.7 cm³/mol. The van der Waals surface area contributed by atoms with Crippen LogP contribution in [0, 0.1) is 6.92 Å². The number of furan rings is 1. The van der Waals surface area contributed by atoms with E-state index in [0.717, 1.165) is 21.6 Å². The minimum atomic E-state index is 0.661. The van der Waals surface area contributed by atoms with Crippen molar-refractivity contribution < 1.29 is 4.42 Å². The zero-order chi connectivity index (χ0) is 10.8. The number of aromatic nitrogens is 2. The molecule has 0 saturated carbocycles. The summed E-state index contributed by atoms with van der Waals surface area (Å²) in [6.07, 6.45) is 3.36. The van der Waals surface area contributed by atoms with Crippen LogP contribution in [-0.2, 0) is 0 Å². The normalized spacial score (nSPS) is 10.3. The van der Waals surface area contributed by atoms with Crippen LogP contribution in [0.5, 0.6) is 0 Å². The lowest BCUT2D eigenvalue weighted by Crippen LogP contribution is -1.97. The molecule has 0 atom stereocenters. The van der Waals surface area contributed by atoms with Crippen LogP contribution in [0.2, 0.25) is 0 Å². The zero-order valence-corrected chi connectivity index (χ0v) is 10.00. The molecular formula is C10H10BrN3O. The number of nitrogens with zero attached hydrogens (tertiary/aromatic N) is 2. The van der Waals surface area contributed by atoms with Crippen LogP contribution in [-0.4, -0.2) is 17.0 Å². The van der Waals surface area contributed by atoms with Gasteiger partial charge >= 0.3 is 0 Å². The van der Waals surface area contributed by atoms with E-state index in [-0.39, 0.29) is 0 Å². The minimum Gasteiger partial charge on any atom is -0.469 e. The standard InChI is InChI=1S/C10H10BrN3O/c1-6-7(3-4-15-6)9-13-5-8(11)10(12-2)14-9/h3-5H,1-2H3,(H,12,13,14). The Morgan fingerprint density at radius 2 is 2.27 bits per heavy atom. The first-order chi connectivity index (χ1) is 7.22. The Morgan fingerprint density at radius 3 is 2.87 bits per heavy atom. The Labute approximate surface area is 95.9 Å². The lowest BCUT2D eigenvalue weighted by molar-refractivity contribution is 0.535. The van der Waals surface area contributed by atoms with Gasteiger partial charge in [0.15, 0.2) is 5.82 Å². The highest BCUT2D eigenvalue weighted by Gasteiger charge is 2.09. The van der Waals surface area contributed by atoms with Gasteiger partial charge in [0, 0.05) is 13.2 Å². The fourth-order valence-corrected chi connectivity index (χ4v) is 1.68. The number of hydrogen-bond donors (Lipinski definition) is 1. The molecule has 0 bridgehead atoms. The quantitative estimate of drug-likeness (QED) is 0.909. The molecule has 0 amide bonds. The summed E-state index contributed by atoms with van der Waals surface area (Å²) >= 11 is 3.36. The highest BCUT2D eigenvalue weighted by Crippen LogP contribution is 2.25. The molecule has 0 unspecified atom stereocenters. The van der Waals surface area contributed by atoms with Gasteiger partial charge in [0.2, 0.25) is 0 Å². The largest absolute Gasteiger partial charge is 0.469 e. The van der Waals surface area contributed by atoms with Crippen molar-refractivity contribution in [2.24, 2.45) is 0 Å². The summed E-state index contributed by atoms with van der Waals surface area (Å²) in [7, 11) is 1.82. The third kappa shape index (κ3) is 1.87. The molecule has 2 rings (SSSR count). The molecule has 0 fully saturated rings. The summed E-state index contributed by atoms with van der Waals surface area (Å²) < 4.78 is 6.05. The summed E-state index contributed by atoms with van der Waals surface area (Å²) in [6.45, 7) is 1.89. The van der Waals surface area contributed by atoms with Crippen molar-refractivity contribution in [3.8, 4) is 11.4 Å². The van der Waals surface area contributed by atoms with Gasteiger partial charge in [-0.2, -0.15) is 0 Å². The van der Waals surface area contributed by atoms with E-state index >= 15 is 0 Å². The highest BCUT2D eigenvalue weighted by molar-refractivity contribution is 9.10. The van der Waals surface area contributed by atoms with Gasteiger partial charge in [0.25, 0.3) is 0 Å². The van der Waals surface area contributed by atoms with Crippen molar-refractivity contribution in [1.29, 1.82) is 0 Å². The molecule has 0 aromatic carbocycles. The topological polar surface area (TPSA) is 51.0 Å². The van der Waals surface area contributed by atoms with Crippen LogP contribution >= 0.6 is 15.9 Å². The van der Waals surface area contributed by atoms with E-state index in [0.29, 0.717) is 5.82 Å². The number of rotatable bonds is 2. The maximum absolute atomic E-state index is 5.21. The lowest BCUT2D eigenvalue weighted by Gasteiger charge is -2.04. The van der Waals surface area contributed by atoms with E-state index in [9.17, 15) is 0 Å². The van der Waals surface area contributed by atoms with Crippen LogP contribution < -0.4 is 5.32 Å². The third-order valence-corrected chi connectivity index (χ3v) is 2.66. The number of anilines is 1. The number of hydrogen-bond acceptors (Lipinski definition) is 4. The summed E-state index contributed by atoms with van der Waals surface area (Å²) in [5.41, 5.74) is 0.916. The van der Waals surface area contributed by atoms with Crippen LogP contribution in [0.15, 0.2) is 27.4 Å². The van der Waals surface area contributed by atoms with Crippen molar-refractivity contribution in [2.45, 2.75) is 6.92 Å². The SMILES string of the molecule is CNc1nc(-c2ccoc2C)ncc1Br. The van der Waals surface area contributed by atoms with Gasteiger partial charge in [-0.05, 0) is 28.9 Å². The molecule has 5 heteroatoms. The number of halogens is 1. The summed E-state index contributed by atoms with van der Waals surface area (Å²) in [6, 6.07) is 1.86. The maximum atomic E-state index is 5.21. The highest BCUT2D eigenvalue weighted by atomic mass is 79.9. The Kier molecular flexibility index (Phi) is 2.73. The first kappa shape index (κ1) is 10.2. The molecular weight excluding hydrogens is 258 g/mol. The van der Waals surface area contributed by atoms with Crippen molar-refractivity contribution in [1.82, 2.24) is 9.97 Å². The Morgan fingerprint density at radius 1 is 1.47 bits per heavy atom. The monoisotopic (exact) mass is 267 g/mol. The van der Waals surface area contributed by atoms with Gasteiger partial charge in [0.1, 0.15) is 11.6 Å². The summed E-state index contributed by atoms with van der Waals surface area (Å²) in [5.74, 6) is 2.24. The van der Waals surface area contributed by atoms with Crippen LogP contribution in [0.1, 0.15) is 5.76 Å². The minimum absolute atomic E-state index is 0.661. The van der Waals surface area contributed by atoms with E-state index in [2.05, 4.69) is 31.2 Å². The second kappa shape index (κ2) is 4.02. The third-order valence-electron chi connectivity index (χ3n) is 2.08. The van der Waals surface area contributed by atoms with E-state index in [4.69, 9.17) is 4.42 Å². The van der Waals surface area contributed by atoms with Crippen LogP contribution in [0.25, 0.3) is 11.4 Å². The van der Waals surface area contributed by atoms with E-state index in [1.54, 1.807) is 12.5 Å². The van der Waals surface area contributed by atoms with E-state index < -0.39 is 0 Å². The number of nitrogens with one attached hydrogen (secondary N) is 1. The molecule has 4 nitrogen and oxygen atoms in total. The average molecular weight is 268 g/mol. The Hall–Kier alpha value is -1.36. The Balaban J connectivity index is 2.51. The first-order valence-corrected chi connectivity index (χ1v) is 5.26. The summed E-state index contributed by atoms with van der Waals surface area (Å²) in [4.78, 5) is 8.60. The predicted octanol–water partition coefficient (Wildman–Crippen LogP) is 2.85. The molecule has 2 aromatic rings. The molecule has 0 radical (unpaired) electrons. The van der Waals surface area contributed by atoms with E-state index in [1.165, 1.54) is 0 Å². The maximum Gasteiger partial charge on any atom is 0.165 e. The van der Waals surface area contributed by atoms with Gasteiger partial charge in [-0.3, -0.25) is 0 Å². The molecule has 0 aliphatic carbocycles. The van der Waals surface area contributed by atoms with E-state index in [1.807, 2.05) is 20.0 Å². The fraction of sp³-hybridized carbons (Fsp3) is 0.200. The molecule has 78 valence electrons. The van der Waals surface area contributed by atoms with Gasteiger partial charge in [-0.1, -0.05) is 0 Å². The molecule has 2 heterocycles. The van der Waals surface area contributed by atoms with Gasteiger partial charge < -0.3 is 9.73 Å². The second-order valence-electron chi connectivity index (χ2n) is 3.03. The lowest BCUT2D eigenvalue weighted by atomic mass is 10.2. The fourth-order valence-electron chi connectivity index (χ4n) is 1.29. The van der Waals surface area contributed by atoms with Crippen molar-refractivity contribution in [2.75, 3.05) is 12.4 Å². The molecule has 2 aromatic heterocycles. The average Bonchev–Trinajstić information content (AvgIpc) is 2.65. The zero-order valence-electron chi connectivity index (χ0n) is 8.41. The number of aryl methyl sites for hydroxylation is 1. The van der Waals surface area contributed by atoms with Gasteiger partial charge in [-0.15, -0.1) is 0 Å². The van der Waals surface area contributed by atoms with Crippen LogP contribution in [0.3, 0.4) is 0 Å². The van der Waals surface area contributed by atoms with Crippen molar-refractivity contribution in [3.05, 3.63) is 28.8 Å². The molecule has 0 spiro atoms. The molecule has 0 saturated heterocycles. The first-order valence-electron chi connectivity index (χ1n) is 4.47. The van der Waals surface area contributed by atoms with Gasteiger partial charge in [0.05, 0.1) is 16.3 Å². The molecule has 0 aliphatic heterocycles. The van der Waals surface area contributed by atoms with Crippen LogP contribution in [0.4, 0.5) is 5.82 Å². The molecule has 0 aliphatic rings. The van der Waals surface area contributed by atoms with Gasteiger partial charge in [-0.25, -0.2) is 9.97 Å². The summed E-state index contributed by atoms with van der Waals surface area (Å²) in [5, 5.41) is 2.99. The van der Waals surface area contributed by atoms with Crippen molar-refractivity contribution in [3.63, 3.8) is 0 Å². The smallest absolute Gasteiger partial charge is 0.165 e.